The molecule has 1 amide bonds. The van der Waals surface area contributed by atoms with Gasteiger partial charge in [-0.25, -0.2) is 4.79 Å². The van der Waals surface area contributed by atoms with Gasteiger partial charge in [0.25, 0.3) is 5.91 Å². The Morgan fingerprint density at radius 3 is 2.55 bits per heavy atom. The molecule has 31 heavy (non-hydrogen) atoms. The molecule has 0 saturated carbocycles. The van der Waals surface area contributed by atoms with E-state index in [1.54, 1.807) is 0 Å². The molecule has 2 aromatic rings. The van der Waals surface area contributed by atoms with Crippen LogP contribution in [0.4, 0.5) is 13.2 Å². The van der Waals surface area contributed by atoms with Gasteiger partial charge < -0.3 is 15.3 Å². The fourth-order valence-electron chi connectivity index (χ4n) is 3.03. The van der Waals surface area contributed by atoms with E-state index in [0.29, 0.717) is 12.1 Å². The molecule has 2 heterocycles. The Kier molecular flexibility index (Phi) is 8.17. The number of benzene rings is 1. The number of hydrogen-bond donors (Lipinski definition) is 2. The first-order chi connectivity index (χ1) is 14.5. The Morgan fingerprint density at radius 2 is 1.94 bits per heavy atom. The molecule has 1 aliphatic heterocycles. The molecule has 8 nitrogen and oxygen atoms in total. The molecule has 0 aliphatic carbocycles. The summed E-state index contributed by atoms with van der Waals surface area (Å²) in [5.41, 5.74) is 4.13. The highest BCUT2D eigenvalue weighted by Crippen LogP contribution is 2.16. The first-order valence-electron chi connectivity index (χ1n) is 9.51. The molecule has 0 spiro atoms. The first-order valence-corrected chi connectivity index (χ1v) is 9.51. The number of nitrogens with zero attached hydrogens (tertiary/aromatic N) is 4. The molecule has 0 unspecified atom stereocenters. The summed E-state index contributed by atoms with van der Waals surface area (Å²) < 4.78 is 33.8. The highest BCUT2D eigenvalue weighted by atomic mass is 19.4. The van der Waals surface area contributed by atoms with Gasteiger partial charge in [-0.05, 0) is 38.8 Å². The van der Waals surface area contributed by atoms with Crippen molar-refractivity contribution in [2.45, 2.75) is 32.4 Å². The van der Waals surface area contributed by atoms with Gasteiger partial charge in [-0.3, -0.25) is 14.4 Å². The van der Waals surface area contributed by atoms with Gasteiger partial charge in [0, 0.05) is 37.3 Å². The molecule has 1 aromatic heterocycles. The number of nitrogens with one attached hydrogen (secondary N) is 1. The number of carboxylic acids is 1. The normalized spacial score (nSPS) is 13.9. The number of amides is 1. The Labute approximate surface area is 178 Å². The van der Waals surface area contributed by atoms with Crippen molar-refractivity contribution in [3.05, 3.63) is 52.8 Å². The molecule has 2 N–H and O–H groups in total. The highest BCUT2D eigenvalue weighted by Gasteiger charge is 2.38. The molecule has 170 valence electrons. The van der Waals surface area contributed by atoms with Crippen LogP contribution < -0.4 is 5.32 Å². The number of hydrogen-bond acceptors (Lipinski definition) is 5. The average molecular weight is 441 g/mol. The number of alkyl halides is 3. The number of likely N-dealkylation sites (N-methyl/N-ethyl adjacent to an activating group) is 1. The largest absolute Gasteiger partial charge is 0.490 e. The summed E-state index contributed by atoms with van der Waals surface area (Å²) in [4.78, 5) is 25.7. The van der Waals surface area contributed by atoms with Crippen molar-refractivity contribution < 1.29 is 27.9 Å². The van der Waals surface area contributed by atoms with Crippen LogP contribution in [0.1, 0.15) is 27.2 Å². The van der Waals surface area contributed by atoms with Gasteiger partial charge in [0.15, 0.2) is 0 Å². The Balaban J connectivity index is 0.000000423. The van der Waals surface area contributed by atoms with Crippen LogP contribution in [0.2, 0.25) is 0 Å². The van der Waals surface area contributed by atoms with Crippen molar-refractivity contribution in [1.82, 2.24) is 24.9 Å². The lowest BCUT2D eigenvalue weighted by molar-refractivity contribution is -0.192. The minimum atomic E-state index is -5.08. The fraction of sp³-hybridized carbons (Fsp3) is 0.450. The first kappa shape index (κ1) is 24.4. The molecule has 1 aromatic carbocycles. The van der Waals surface area contributed by atoms with Gasteiger partial charge in [0.05, 0.1) is 18.4 Å². The van der Waals surface area contributed by atoms with Gasteiger partial charge in [-0.2, -0.15) is 18.3 Å². The quantitative estimate of drug-likeness (QED) is 0.737. The van der Waals surface area contributed by atoms with Crippen molar-refractivity contribution in [2.24, 2.45) is 0 Å². The molecule has 11 heteroatoms. The second-order valence-corrected chi connectivity index (χ2v) is 7.50. The van der Waals surface area contributed by atoms with Crippen LogP contribution in [0.25, 0.3) is 0 Å². The molecule has 0 atom stereocenters. The predicted octanol–water partition coefficient (Wildman–Crippen LogP) is 1.95. The molecule has 0 saturated heterocycles. The van der Waals surface area contributed by atoms with E-state index >= 15 is 0 Å². The number of rotatable bonds is 5. The van der Waals surface area contributed by atoms with Crippen LogP contribution in [0.5, 0.6) is 0 Å². The Morgan fingerprint density at radius 1 is 1.26 bits per heavy atom. The van der Waals surface area contributed by atoms with Crippen molar-refractivity contribution in [3.63, 3.8) is 0 Å². The minimum absolute atomic E-state index is 0.0419. The number of fused-ring (bicyclic) bond motifs is 1. The molecular weight excluding hydrogens is 415 g/mol. The summed E-state index contributed by atoms with van der Waals surface area (Å²) in [5.74, 6) is -2.80. The second kappa shape index (κ2) is 10.4. The highest BCUT2D eigenvalue weighted by molar-refractivity contribution is 5.94. The number of halogens is 3. The van der Waals surface area contributed by atoms with Gasteiger partial charge in [-0.15, -0.1) is 0 Å². The maximum absolute atomic E-state index is 12.4. The minimum Gasteiger partial charge on any atom is -0.475 e. The van der Waals surface area contributed by atoms with Gasteiger partial charge >= 0.3 is 12.1 Å². The Hall–Kier alpha value is -2.92. The van der Waals surface area contributed by atoms with E-state index in [1.165, 1.54) is 5.69 Å². The summed E-state index contributed by atoms with van der Waals surface area (Å²) in [6.45, 7) is 4.14. The lowest BCUT2D eigenvalue weighted by atomic mass is 10.1. The van der Waals surface area contributed by atoms with Crippen LogP contribution in [-0.4, -0.2) is 70.4 Å². The third-order valence-corrected chi connectivity index (χ3v) is 4.52. The Bertz CT molecular complexity index is 912. The monoisotopic (exact) mass is 441 g/mol. The SMILES string of the molecule is CN(C)Cc1cccc(C(=O)NCc2cnn3c2CN(C)CC3)c1.O=C(O)C(F)(F)F. The van der Waals surface area contributed by atoms with E-state index in [0.717, 1.165) is 37.3 Å². The second-order valence-electron chi connectivity index (χ2n) is 7.50. The van der Waals surface area contributed by atoms with E-state index in [2.05, 4.69) is 27.3 Å². The number of aliphatic carboxylic acids is 1. The fourth-order valence-corrected chi connectivity index (χ4v) is 3.03. The lowest BCUT2D eigenvalue weighted by Gasteiger charge is -2.24. The molecule has 0 fully saturated rings. The van der Waals surface area contributed by atoms with Crippen LogP contribution in [-0.2, 0) is 31.0 Å². The number of carbonyl (C=O) groups excluding carboxylic acids is 1. The van der Waals surface area contributed by atoms with Gasteiger partial charge in [-0.1, -0.05) is 12.1 Å². The van der Waals surface area contributed by atoms with E-state index in [1.807, 2.05) is 49.2 Å². The van der Waals surface area contributed by atoms with Crippen LogP contribution in [0.3, 0.4) is 0 Å². The van der Waals surface area contributed by atoms with Crippen LogP contribution in [0, 0.1) is 0 Å². The zero-order valence-corrected chi connectivity index (χ0v) is 17.6. The van der Waals surface area contributed by atoms with Crippen LogP contribution >= 0.6 is 0 Å². The zero-order chi connectivity index (χ0) is 23.2. The van der Waals surface area contributed by atoms with Crippen molar-refractivity contribution >= 4 is 11.9 Å². The predicted molar refractivity (Wildman–Crippen MR) is 107 cm³/mol. The number of carboxylic acid groups (broad SMARTS) is 1. The third kappa shape index (κ3) is 7.37. The topological polar surface area (TPSA) is 90.7 Å². The third-order valence-electron chi connectivity index (χ3n) is 4.52. The summed E-state index contributed by atoms with van der Waals surface area (Å²) in [6.07, 6.45) is -3.21. The zero-order valence-electron chi connectivity index (χ0n) is 17.6. The standard InChI is InChI=1S/C18H25N5O.C2HF3O2/c1-21(2)12-14-5-4-6-15(9-14)18(24)19-10-16-11-20-23-8-7-22(3)13-17(16)23;3-2(4,5)1(6)7/h4-6,9,11H,7-8,10,12-13H2,1-3H3,(H,19,24);(H,6,7). The van der Waals surface area contributed by atoms with E-state index in [9.17, 15) is 18.0 Å². The molecular formula is C20H26F3N5O3. The van der Waals surface area contributed by atoms with Crippen LogP contribution in [0.15, 0.2) is 30.5 Å². The van der Waals surface area contributed by atoms with Crippen molar-refractivity contribution in [3.8, 4) is 0 Å². The molecule has 1 aliphatic rings. The van der Waals surface area contributed by atoms with Crippen molar-refractivity contribution in [1.29, 1.82) is 0 Å². The smallest absolute Gasteiger partial charge is 0.475 e. The molecule has 0 bridgehead atoms. The number of aromatic nitrogens is 2. The summed E-state index contributed by atoms with van der Waals surface area (Å²) >= 11 is 0. The average Bonchev–Trinajstić information content (AvgIpc) is 3.07. The summed E-state index contributed by atoms with van der Waals surface area (Å²) in [7, 11) is 6.15. The molecule has 3 rings (SSSR count). The lowest BCUT2D eigenvalue weighted by Crippen LogP contribution is -2.32. The summed E-state index contributed by atoms with van der Waals surface area (Å²) in [6, 6.07) is 7.79. The summed E-state index contributed by atoms with van der Waals surface area (Å²) in [5, 5.41) is 14.6. The van der Waals surface area contributed by atoms with E-state index in [-0.39, 0.29) is 5.91 Å². The number of carbonyl (C=O) groups is 2. The molecule has 0 radical (unpaired) electrons. The maximum atomic E-state index is 12.4. The van der Waals surface area contributed by atoms with Gasteiger partial charge in [0.2, 0.25) is 0 Å². The van der Waals surface area contributed by atoms with E-state index in [4.69, 9.17) is 9.90 Å². The van der Waals surface area contributed by atoms with Gasteiger partial charge in [0.1, 0.15) is 0 Å². The van der Waals surface area contributed by atoms with Crippen molar-refractivity contribution in [2.75, 3.05) is 27.7 Å². The van der Waals surface area contributed by atoms with E-state index < -0.39 is 12.1 Å². The maximum Gasteiger partial charge on any atom is 0.490 e.